The van der Waals surface area contributed by atoms with Crippen molar-refractivity contribution in [3.63, 3.8) is 0 Å². The fraction of sp³-hybridized carbons (Fsp3) is 0.267. The highest BCUT2D eigenvalue weighted by Gasteiger charge is 2.23. The van der Waals surface area contributed by atoms with E-state index in [0.29, 0.717) is 5.69 Å². The number of hydrogen-bond acceptors (Lipinski definition) is 5. The first-order valence-corrected chi connectivity index (χ1v) is 8.87. The van der Waals surface area contributed by atoms with Crippen LogP contribution in [-0.4, -0.2) is 27.1 Å². The van der Waals surface area contributed by atoms with Gasteiger partial charge in [0, 0.05) is 17.1 Å². The van der Waals surface area contributed by atoms with Gasteiger partial charge in [0.05, 0.1) is 11.1 Å². The molecule has 112 valence electrons. The Bertz CT molecular complexity index is 790. The van der Waals surface area contributed by atoms with E-state index >= 15 is 0 Å². The van der Waals surface area contributed by atoms with E-state index < -0.39 is 0 Å². The van der Waals surface area contributed by atoms with Crippen LogP contribution >= 0.6 is 22.7 Å². The SMILES string of the molecule is O=C(N[C@H]1CCc2[nH]ncc2C1)c1csc(-c2cccs2)n1. The van der Waals surface area contributed by atoms with Crippen LogP contribution in [0.3, 0.4) is 0 Å². The molecule has 0 unspecified atom stereocenters. The minimum absolute atomic E-state index is 0.0870. The Morgan fingerprint density at radius 1 is 1.41 bits per heavy atom. The Morgan fingerprint density at radius 3 is 3.23 bits per heavy atom. The molecule has 5 nitrogen and oxygen atoms in total. The van der Waals surface area contributed by atoms with E-state index in [1.165, 1.54) is 22.6 Å². The molecule has 0 spiro atoms. The van der Waals surface area contributed by atoms with Gasteiger partial charge in [0.15, 0.2) is 0 Å². The highest BCUT2D eigenvalue weighted by Crippen LogP contribution is 2.28. The Morgan fingerprint density at radius 2 is 2.36 bits per heavy atom. The van der Waals surface area contributed by atoms with Crippen LogP contribution < -0.4 is 5.32 Å². The molecular formula is C15H14N4OS2. The van der Waals surface area contributed by atoms with Crippen LogP contribution in [0, 0.1) is 0 Å². The second-order valence-electron chi connectivity index (χ2n) is 5.30. The molecule has 3 aromatic heterocycles. The maximum atomic E-state index is 12.4. The van der Waals surface area contributed by atoms with Crippen molar-refractivity contribution in [1.29, 1.82) is 0 Å². The molecular weight excluding hydrogens is 316 g/mol. The van der Waals surface area contributed by atoms with Crippen molar-refractivity contribution < 1.29 is 4.79 Å². The molecule has 22 heavy (non-hydrogen) atoms. The third kappa shape index (κ3) is 2.57. The molecule has 7 heteroatoms. The van der Waals surface area contributed by atoms with E-state index in [9.17, 15) is 4.79 Å². The number of H-pyrrole nitrogens is 1. The molecule has 0 saturated heterocycles. The van der Waals surface area contributed by atoms with E-state index in [4.69, 9.17) is 0 Å². The number of nitrogens with zero attached hydrogens (tertiary/aromatic N) is 2. The zero-order chi connectivity index (χ0) is 14.9. The first-order valence-electron chi connectivity index (χ1n) is 7.11. The zero-order valence-corrected chi connectivity index (χ0v) is 13.3. The fourth-order valence-electron chi connectivity index (χ4n) is 2.69. The number of amides is 1. The van der Waals surface area contributed by atoms with Crippen LogP contribution in [0.1, 0.15) is 28.2 Å². The van der Waals surface area contributed by atoms with Crippen LogP contribution in [0.25, 0.3) is 9.88 Å². The van der Waals surface area contributed by atoms with Gasteiger partial charge in [-0.3, -0.25) is 9.89 Å². The van der Waals surface area contributed by atoms with Crippen LogP contribution in [0.5, 0.6) is 0 Å². The minimum atomic E-state index is -0.0870. The summed E-state index contributed by atoms with van der Waals surface area (Å²) < 4.78 is 0. The largest absolute Gasteiger partial charge is 0.348 e. The normalized spacial score (nSPS) is 17.2. The van der Waals surface area contributed by atoms with Crippen LogP contribution in [-0.2, 0) is 12.8 Å². The smallest absolute Gasteiger partial charge is 0.271 e. The van der Waals surface area contributed by atoms with Crippen molar-refractivity contribution in [3.8, 4) is 9.88 Å². The Kier molecular flexibility index (Phi) is 3.51. The summed E-state index contributed by atoms with van der Waals surface area (Å²) in [6.07, 6.45) is 4.55. The van der Waals surface area contributed by atoms with Gasteiger partial charge in [-0.15, -0.1) is 22.7 Å². The molecule has 3 heterocycles. The summed E-state index contributed by atoms with van der Waals surface area (Å²) in [5, 5.41) is 14.9. The van der Waals surface area contributed by atoms with Gasteiger partial charge in [0.2, 0.25) is 0 Å². The van der Waals surface area contributed by atoms with Crippen molar-refractivity contribution >= 4 is 28.6 Å². The van der Waals surface area contributed by atoms with E-state index in [2.05, 4.69) is 20.5 Å². The van der Waals surface area contributed by atoms with Gasteiger partial charge >= 0.3 is 0 Å². The molecule has 1 aliphatic carbocycles. The second-order valence-corrected chi connectivity index (χ2v) is 7.11. The monoisotopic (exact) mass is 330 g/mol. The van der Waals surface area contributed by atoms with Crippen molar-refractivity contribution in [2.75, 3.05) is 0 Å². The standard InChI is InChI=1S/C15H14N4OS2/c20-14(12-8-22-15(18-12)13-2-1-5-21-13)17-10-3-4-11-9(6-10)7-16-19-11/h1-2,5,7-8,10H,3-4,6H2,(H,16,19)(H,17,20)/t10-/m0/s1. The topological polar surface area (TPSA) is 70.7 Å². The van der Waals surface area contributed by atoms with E-state index in [0.717, 1.165) is 29.1 Å². The predicted octanol–water partition coefficient (Wildman–Crippen LogP) is 2.88. The maximum absolute atomic E-state index is 12.4. The van der Waals surface area contributed by atoms with Gasteiger partial charge < -0.3 is 5.32 Å². The Labute approximate surface area is 135 Å². The quantitative estimate of drug-likeness (QED) is 0.776. The average Bonchev–Trinajstić information content (AvgIpc) is 3.26. The summed E-state index contributed by atoms with van der Waals surface area (Å²) in [5.74, 6) is -0.0870. The lowest BCUT2D eigenvalue weighted by molar-refractivity contribution is 0.0929. The van der Waals surface area contributed by atoms with E-state index in [1.807, 2.05) is 29.1 Å². The molecule has 0 radical (unpaired) electrons. The van der Waals surface area contributed by atoms with Crippen molar-refractivity contribution in [3.05, 3.63) is 46.0 Å². The highest BCUT2D eigenvalue weighted by molar-refractivity contribution is 7.20. The molecule has 1 atom stereocenters. The summed E-state index contributed by atoms with van der Waals surface area (Å²) >= 11 is 3.15. The third-order valence-corrected chi connectivity index (χ3v) is 5.70. The summed E-state index contributed by atoms with van der Waals surface area (Å²) in [6, 6.07) is 4.17. The summed E-state index contributed by atoms with van der Waals surface area (Å²) in [4.78, 5) is 17.9. The summed E-state index contributed by atoms with van der Waals surface area (Å²) in [6.45, 7) is 0. The molecule has 0 bridgehead atoms. The molecule has 1 amide bonds. The molecule has 0 aromatic carbocycles. The van der Waals surface area contributed by atoms with Gasteiger partial charge in [-0.2, -0.15) is 5.10 Å². The number of hydrogen-bond donors (Lipinski definition) is 2. The Balaban J connectivity index is 1.45. The predicted molar refractivity (Wildman–Crippen MR) is 87.3 cm³/mol. The van der Waals surface area contributed by atoms with Crippen molar-refractivity contribution in [2.45, 2.75) is 25.3 Å². The van der Waals surface area contributed by atoms with Gasteiger partial charge in [-0.05, 0) is 36.3 Å². The van der Waals surface area contributed by atoms with Crippen molar-refractivity contribution in [2.24, 2.45) is 0 Å². The molecule has 0 fully saturated rings. The number of aromatic nitrogens is 3. The van der Waals surface area contributed by atoms with Crippen LogP contribution in [0.4, 0.5) is 0 Å². The number of aryl methyl sites for hydroxylation is 1. The number of nitrogens with one attached hydrogen (secondary N) is 2. The lowest BCUT2D eigenvalue weighted by atomic mass is 9.93. The number of rotatable bonds is 3. The number of carbonyl (C=O) groups excluding carboxylic acids is 1. The van der Waals surface area contributed by atoms with Gasteiger partial charge in [0.25, 0.3) is 5.91 Å². The van der Waals surface area contributed by atoms with Crippen LogP contribution in [0.2, 0.25) is 0 Å². The average molecular weight is 330 g/mol. The zero-order valence-electron chi connectivity index (χ0n) is 11.7. The maximum Gasteiger partial charge on any atom is 0.271 e. The highest BCUT2D eigenvalue weighted by atomic mass is 32.1. The molecule has 2 N–H and O–H groups in total. The molecule has 1 aliphatic rings. The number of aromatic amines is 1. The minimum Gasteiger partial charge on any atom is -0.348 e. The third-order valence-electron chi connectivity index (χ3n) is 3.82. The van der Waals surface area contributed by atoms with Crippen LogP contribution in [0.15, 0.2) is 29.1 Å². The second kappa shape index (κ2) is 5.66. The van der Waals surface area contributed by atoms with E-state index in [1.54, 1.807) is 11.3 Å². The number of thiazole rings is 1. The van der Waals surface area contributed by atoms with Gasteiger partial charge in [-0.1, -0.05) is 6.07 Å². The Hall–Kier alpha value is -1.99. The van der Waals surface area contributed by atoms with Gasteiger partial charge in [0.1, 0.15) is 10.7 Å². The number of fused-ring (bicyclic) bond motifs is 1. The first-order chi connectivity index (χ1) is 10.8. The summed E-state index contributed by atoms with van der Waals surface area (Å²) in [7, 11) is 0. The first kappa shape index (κ1) is 13.7. The lowest BCUT2D eigenvalue weighted by Gasteiger charge is -2.22. The molecule has 0 aliphatic heterocycles. The number of carbonyl (C=O) groups is 1. The lowest BCUT2D eigenvalue weighted by Crippen LogP contribution is -2.38. The summed E-state index contributed by atoms with van der Waals surface area (Å²) in [5.41, 5.74) is 2.90. The van der Waals surface area contributed by atoms with E-state index in [-0.39, 0.29) is 11.9 Å². The molecule has 4 rings (SSSR count). The van der Waals surface area contributed by atoms with Crippen molar-refractivity contribution in [1.82, 2.24) is 20.5 Å². The fourth-order valence-corrected chi connectivity index (χ4v) is 4.30. The number of thiophene rings is 1. The molecule has 3 aromatic rings. The molecule has 0 saturated carbocycles. The van der Waals surface area contributed by atoms with Gasteiger partial charge in [-0.25, -0.2) is 4.98 Å².